The Labute approximate surface area is 167 Å². The summed E-state index contributed by atoms with van der Waals surface area (Å²) in [5.74, 6) is 1.07. The molecule has 0 spiro atoms. The summed E-state index contributed by atoms with van der Waals surface area (Å²) in [5.41, 5.74) is 3.31. The molecule has 0 radical (unpaired) electrons. The van der Waals surface area contributed by atoms with Gasteiger partial charge in [-0.25, -0.2) is 0 Å². The molecule has 1 N–H and O–H groups in total. The predicted octanol–water partition coefficient (Wildman–Crippen LogP) is 2.94. The van der Waals surface area contributed by atoms with Crippen molar-refractivity contribution in [2.45, 2.75) is 26.3 Å². The number of furan rings is 1. The van der Waals surface area contributed by atoms with Gasteiger partial charge in [-0.3, -0.25) is 14.6 Å². The number of amides is 1. The van der Waals surface area contributed by atoms with Crippen LogP contribution in [-0.4, -0.2) is 61.5 Å². The van der Waals surface area contributed by atoms with Gasteiger partial charge in [-0.05, 0) is 55.7 Å². The molecule has 6 heteroatoms. The zero-order chi connectivity index (χ0) is 19.3. The minimum atomic E-state index is 0.0662. The second-order valence-corrected chi connectivity index (χ2v) is 7.87. The summed E-state index contributed by atoms with van der Waals surface area (Å²) in [4.78, 5) is 19.5. The van der Waals surface area contributed by atoms with Crippen molar-refractivity contribution in [2.75, 3.05) is 56.0 Å². The number of hydrogen-bond acceptors (Lipinski definition) is 5. The zero-order valence-electron chi connectivity index (χ0n) is 16.7. The molecule has 1 aromatic carbocycles. The summed E-state index contributed by atoms with van der Waals surface area (Å²) in [6, 6.07) is 10.3. The Morgan fingerprint density at radius 2 is 1.79 bits per heavy atom. The van der Waals surface area contributed by atoms with E-state index in [1.165, 1.54) is 18.5 Å². The first-order valence-electron chi connectivity index (χ1n) is 10.3. The highest BCUT2D eigenvalue weighted by atomic mass is 16.3. The fourth-order valence-corrected chi connectivity index (χ4v) is 4.08. The number of hydrogen-bond donors (Lipinski definition) is 1. The van der Waals surface area contributed by atoms with Crippen molar-refractivity contribution in [2.24, 2.45) is 0 Å². The van der Waals surface area contributed by atoms with E-state index in [-0.39, 0.29) is 5.91 Å². The third-order valence-corrected chi connectivity index (χ3v) is 5.75. The van der Waals surface area contributed by atoms with Crippen molar-refractivity contribution in [1.29, 1.82) is 0 Å². The maximum atomic E-state index is 12.5. The Bertz CT molecular complexity index is 776. The van der Waals surface area contributed by atoms with Crippen LogP contribution < -0.4 is 10.2 Å². The number of aryl methyl sites for hydroxylation is 1. The van der Waals surface area contributed by atoms with Gasteiger partial charge < -0.3 is 14.6 Å². The SMILES string of the molecule is Cc1cc(N2CCCC2)ccc1NC(=O)CN1CCN(Cc2ccco2)CC1. The smallest absolute Gasteiger partial charge is 0.238 e. The Morgan fingerprint density at radius 1 is 1.04 bits per heavy atom. The standard InChI is InChI=1S/C22H30N4O2/c1-18-15-19(26-8-2-3-9-26)6-7-21(18)23-22(27)17-25-12-10-24(11-13-25)16-20-5-4-14-28-20/h4-7,14-15H,2-3,8-13,16-17H2,1H3,(H,23,27). The van der Waals surface area contributed by atoms with Gasteiger partial charge >= 0.3 is 0 Å². The van der Waals surface area contributed by atoms with Crippen LogP contribution >= 0.6 is 0 Å². The molecule has 0 bridgehead atoms. The average molecular weight is 383 g/mol. The van der Waals surface area contributed by atoms with E-state index >= 15 is 0 Å². The summed E-state index contributed by atoms with van der Waals surface area (Å²) in [7, 11) is 0. The number of anilines is 2. The van der Waals surface area contributed by atoms with Crippen LogP contribution in [0.5, 0.6) is 0 Å². The highest BCUT2D eigenvalue weighted by Gasteiger charge is 2.20. The molecule has 3 heterocycles. The van der Waals surface area contributed by atoms with E-state index in [4.69, 9.17) is 4.42 Å². The molecule has 0 unspecified atom stereocenters. The summed E-state index contributed by atoms with van der Waals surface area (Å²) >= 11 is 0. The lowest BCUT2D eigenvalue weighted by molar-refractivity contribution is -0.117. The first-order valence-corrected chi connectivity index (χ1v) is 10.3. The number of rotatable bonds is 6. The van der Waals surface area contributed by atoms with Crippen LogP contribution in [-0.2, 0) is 11.3 Å². The highest BCUT2D eigenvalue weighted by Crippen LogP contribution is 2.25. The lowest BCUT2D eigenvalue weighted by Crippen LogP contribution is -2.48. The lowest BCUT2D eigenvalue weighted by atomic mass is 10.1. The van der Waals surface area contributed by atoms with E-state index in [1.54, 1.807) is 6.26 Å². The van der Waals surface area contributed by atoms with Gasteiger partial charge in [-0.15, -0.1) is 0 Å². The van der Waals surface area contributed by atoms with Crippen molar-refractivity contribution in [3.05, 3.63) is 47.9 Å². The minimum absolute atomic E-state index is 0.0662. The van der Waals surface area contributed by atoms with Crippen LogP contribution in [0.25, 0.3) is 0 Å². The van der Waals surface area contributed by atoms with Crippen LogP contribution in [0.1, 0.15) is 24.2 Å². The molecule has 2 aliphatic heterocycles. The van der Waals surface area contributed by atoms with Crippen LogP contribution in [0.2, 0.25) is 0 Å². The molecule has 2 aromatic rings. The van der Waals surface area contributed by atoms with Crippen LogP contribution in [0.4, 0.5) is 11.4 Å². The zero-order valence-corrected chi connectivity index (χ0v) is 16.7. The van der Waals surface area contributed by atoms with Crippen molar-refractivity contribution < 1.29 is 9.21 Å². The molecule has 150 valence electrons. The summed E-state index contributed by atoms with van der Waals surface area (Å²) in [6.07, 6.45) is 4.26. The van der Waals surface area contributed by atoms with E-state index in [0.717, 1.165) is 62.8 Å². The van der Waals surface area contributed by atoms with E-state index in [9.17, 15) is 4.79 Å². The van der Waals surface area contributed by atoms with Crippen LogP contribution in [0.3, 0.4) is 0 Å². The molecule has 0 atom stereocenters. The predicted molar refractivity (Wildman–Crippen MR) is 112 cm³/mol. The third kappa shape index (κ3) is 4.75. The molecule has 1 aromatic heterocycles. The van der Waals surface area contributed by atoms with Gasteiger partial charge in [0.15, 0.2) is 0 Å². The van der Waals surface area contributed by atoms with E-state index in [1.807, 2.05) is 18.2 Å². The second-order valence-electron chi connectivity index (χ2n) is 7.87. The largest absolute Gasteiger partial charge is 0.468 e. The van der Waals surface area contributed by atoms with Gasteiger partial charge in [0, 0.05) is 50.6 Å². The molecular weight excluding hydrogens is 352 g/mol. The molecule has 6 nitrogen and oxygen atoms in total. The number of piperazine rings is 1. The van der Waals surface area contributed by atoms with Gasteiger partial charge in [0.25, 0.3) is 0 Å². The Hall–Kier alpha value is -2.31. The van der Waals surface area contributed by atoms with E-state index in [0.29, 0.717) is 6.54 Å². The molecule has 0 saturated carbocycles. The van der Waals surface area contributed by atoms with Gasteiger partial charge in [-0.2, -0.15) is 0 Å². The Morgan fingerprint density at radius 3 is 2.46 bits per heavy atom. The number of nitrogens with one attached hydrogen (secondary N) is 1. The first-order chi connectivity index (χ1) is 13.7. The van der Waals surface area contributed by atoms with Crippen molar-refractivity contribution >= 4 is 17.3 Å². The highest BCUT2D eigenvalue weighted by molar-refractivity contribution is 5.93. The fourth-order valence-electron chi connectivity index (χ4n) is 4.08. The van der Waals surface area contributed by atoms with Gasteiger partial charge in [0.2, 0.25) is 5.91 Å². The number of benzene rings is 1. The number of nitrogens with zero attached hydrogens (tertiary/aromatic N) is 3. The minimum Gasteiger partial charge on any atom is -0.468 e. The van der Waals surface area contributed by atoms with Crippen LogP contribution in [0.15, 0.2) is 41.0 Å². The van der Waals surface area contributed by atoms with Crippen molar-refractivity contribution in [3.8, 4) is 0 Å². The molecule has 4 rings (SSSR count). The van der Waals surface area contributed by atoms with Crippen LogP contribution in [0, 0.1) is 6.92 Å². The van der Waals surface area contributed by atoms with E-state index < -0.39 is 0 Å². The van der Waals surface area contributed by atoms with Gasteiger partial charge in [-0.1, -0.05) is 0 Å². The molecular formula is C22H30N4O2. The summed E-state index contributed by atoms with van der Waals surface area (Å²) in [6.45, 7) is 9.35. The summed E-state index contributed by atoms with van der Waals surface area (Å²) in [5, 5.41) is 3.10. The number of carbonyl (C=O) groups excluding carboxylic acids is 1. The molecule has 28 heavy (non-hydrogen) atoms. The maximum absolute atomic E-state index is 12.5. The van der Waals surface area contributed by atoms with Crippen molar-refractivity contribution in [1.82, 2.24) is 9.80 Å². The van der Waals surface area contributed by atoms with Gasteiger partial charge in [0.1, 0.15) is 5.76 Å². The normalized spacial score (nSPS) is 18.5. The molecule has 0 aliphatic carbocycles. The molecule has 1 amide bonds. The Balaban J connectivity index is 1.24. The lowest BCUT2D eigenvalue weighted by Gasteiger charge is -2.33. The maximum Gasteiger partial charge on any atom is 0.238 e. The first kappa shape index (κ1) is 19.0. The molecule has 2 saturated heterocycles. The molecule has 2 aliphatic rings. The average Bonchev–Trinajstić information content (AvgIpc) is 3.39. The molecule has 2 fully saturated rings. The summed E-state index contributed by atoms with van der Waals surface area (Å²) < 4.78 is 5.42. The monoisotopic (exact) mass is 382 g/mol. The van der Waals surface area contributed by atoms with E-state index in [2.05, 4.69) is 39.1 Å². The Kier molecular flexibility index (Phi) is 5.98. The van der Waals surface area contributed by atoms with Gasteiger partial charge in [0.05, 0.1) is 19.4 Å². The second kappa shape index (κ2) is 8.80. The third-order valence-electron chi connectivity index (χ3n) is 5.75. The number of carbonyl (C=O) groups is 1. The topological polar surface area (TPSA) is 52.0 Å². The van der Waals surface area contributed by atoms with Crippen molar-refractivity contribution in [3.63, 3.8) is 0 Å². The quantitative estimate of drug-likeness (QED) is 0.833. The fraction of sp³-hybridized carbons (Fsp3) is 0.500.